The van der Waals surface area contributed by atoms with E-state index in [2.05, 4.69) is 106 Å². The fourth-order valence-electron chi connectivity index (χ4n) is 8.34. The van der Waals surface area contributed by atoms with Gasteiger partial charge < -0.3 is 14.2 Å². The Morgan fingerprint density at radius 1 is 0.314 bits per heavy atom. The van der Waals surface area contributed by atoms with Crippen LogP contribution in [0.1, 0.15) is 290 Å². The van der Waals surface area contributed by atoms with Crippen LogP contribution < -0.4 is 0 Å². The van der Waals surface area contributed by atoms with Gasteiger partial charge in [0.15, 0.2) is 6.10 Å². The van der Waals surface area contributed by atoms with E-state index >= 15 is 0 Å². The first-order chi connectivity index (χ1) is 34.6. The highest BCUT2D eigenvalue weighted by atomic mass is 16.6. The predicted molar refractivity (Wildman–Crippen MR) is 307 cm³/mol. The van der Waals surface area contributed by atoms with Crippen LogP contribution >= 0.6 is 0 Å². The fraction of sp³-hybridized carbons (Fsp3) is 0.754. The zero-order valence-electron chi connectivity index (χ0n) is 46.5. The Bertz CT molecular complexity index is 1290. The van der Waals surface area contributed by atoms with Crippen molar-refractivity contribution in [2.75, 3.05) is 19.8 Å². The number of allylic oxidation sites excluding steroid dienone is 14. The molecule has 0 heterocycles. The van der Waals surface area contributed by atoms with Crippen LogP contribution in [0.5, 0.6) is 0 Å². The van der Waals surface area contributed by atoms with Gasteiger partial charge in [0.2, 0.25) is 0 Å². The first kappa shape index (κ1) is 67.1. The molecule has 0 aromatic carbocycles. The Hall–Kier alpha value is -2.92. The number of hydrogen-bond acceptors (Lipinski definition) is 5. The third-order valence-electron chi connectivity index (χ3n) is 12.9. The number of carbonyl (C=O) groups is 2. The minimum absolute atomic E-state index is 0.0682. The van der Waals surface area contributed by atoms with Gasteiger partial charge in [0.1, 0.15) is 6.61 Å². The SMILES string of the molecule is CCCCC/C=C\C/C=C\C/C=C\CCCCCCCCC(=O)OCC(COCCCCCCCC/C=C\CCCCCCCC)OC(=O)CCCCCCCC/C=C\C/C=C\C/C=C\CCCCC. The molecule has 0 aromatic rings. The minimum Gasteiger partial charge on any atom is -0.462 e. The van der Waals surface area contributed by atoms with Gasteiger partial charge in [0, 0.05) is 19.4 Å². The van der Waals surface area contributed by atoms with Gasteiger partial charge in [0.25, 0.3) is 0 Å². The largest absolute Gasteiger partial charge is 0.462 e. The van der Waals surface area contributed by atoms with Crippen molar-refractivity contribution in [2.45, 2.75) is 297 Å². The maximum absolute atomic E-state index is 12.9. The average Bonchev–Trinajstić information content (AvgIpc) is 3.36. The highest BCUT2D eigenvalue weighted by molar-refractivity contribution is 5.70. The van der Waals surface area contributed by atoms with Gasteiger partial charge in [0.05, 0.1) is 6.61 Å². The molecule has 0 aliphatic heterocycles. The van der Waals surface area contributed by atoms with Crippen LogP contribution in [-0.2, 0) is 23.8 Å². The van der Waals surface area contributed by atoms with Crippen LogP contribution in [0.2, 0.25) is 0 Å². The molecule has 0 saturated heterocycles. The molecule has 0 aromatic heterocycles. The molecule has 5 heteroatoms. The summed E-state index contributed by atoms with van der Waals surface area (Å²) in [6.45, 7) is 7.75. The molecule has 1 unspecified atom stereocenters. The van der Waals surface area contributed by atoms with Gasteiger partial charge >= 0.3 is 11.9 Å². The van der Waals surface area contributed by atoms with E-state index in [1.54, 1.807) is 0 Å². The van der Waals surface area contributed by atoms with E-state index in [0.717, 1.165) is 89.9 Å². The second kappa shape index (κ2) is 60.4. The lowest BCUT2D eigenvalue weighted by molar-refractivity contribution is -0.163. The lowest BCUT2D eigenvalue weighted by Gasteiger charge is -2.18. The number of rotatable bonds is 55. The van der Waals surface area contributed by atoms with E-state index in [-0.39, 0.29) is 25.2 Å². The topological polar surface area (TPSA) is 61.8 Å². The van der Waals surface area contributed by atoms with E-state index in [1.807, 2.05) is 0 Å². The molecule has 0 N–H and O–H groups in total. The summed E-state index contributed by atoms with van der Waals surface area (Å²) in [5, 5.41) is 0. The summed E-state index contributed by atoms with van der Waals surface area (Å²) >= 11 is 0. The Balaban J connectivity index is 4.34. The zero-order chi connectivity index (χ0) is 50.6. The van der Waals surface area contributed by atoms with E-state index < -0.39 is 6.10 Å². The molecule has 0 saturated carbocycles. The standard InChI is InChI=1S/C65H114O5/c1-4-7-10-13-16-19-22-25-28-31-33-35-37-40-43-46-49-52-55-58-64(66)69-62-63(61-68-60-57-54-51-48-45-42-39-30-27-24-21-18-15-12-9-6-3)70-65(67)59-56-53-50-47-44-41-38-36-34-32-29-26-23-20-17-14-11-8-5-2/h16-17,19-20,25-30,33-36,63H,4-15,18,21-24,31-32,37-62H2,1-3H3/b19-16-,20-17-,28-25-,29-26-,30-27-,35-33-,36-34-. The molecular formula is C65H114O5. The number of ether oxygens (including phenoxy) is 3. The van der Waals surface area contributed by atoms with Crippen LogP contribution in [0.25, 0.3) is 0 Å². The number of hydrogen-bond donors (Lipinski definition) is 0. The molecule has 0 rings (SSSR count). The summed E-state index contributed by atoms with van der Waals surface area (Å²) in [4.78, 5) is 25.6. The maximum atomic E-state index is 12.9. The first-order valence-electron chi connectivity index (χ1n) is 30.1. The number of esters is 2. The van der Waals surface area contributed by atoms with Crippen LogP contribution in [0.15, 0.2) is 85.1 Å². The second-order valence-electron chi connectivity index (χ2n) is 19.9. The molecule has 0 amide bonds. The highest BCUT2D eigenvalue weighted by Gasteiger charge is 2.17. The average molecular weight is 976 g/mol. The van der Waals surface area contributed by atoms with Crippen molar-refractivity contribution >= 4 is 11.9 Å². The Kier molecular flexibility index (Phi) is 57.9. The van der Waals surface area contributed by atoms with E-state index in [0.29, 0.717) is 19.4 Å². The summed E-state index contributed by atoms with van der Waals surface area (Å²) in [5.74, 6) is -0.423. The molecule has 0 spiro atoms. The lowest BCUT2D eigenvalue weighted by atomic mass is 10.1. The third-order valence-corrected chi connectivity index (χ3v) is 12.9. The molecule has 0 aliphatic carbocycles. The lowest BCUT2D eigenvalue weighted by Crippen LogP contribution is -2.30. The predicted octanol–water partition coefficient (Wildman–Crippen LogP) is 20.8. The van der Waals surface area contributed by atoms with Crippen LogP contribution in [0.4, 0.5) is 0 Å². The molecular weight excluding hydrogens is 861 g/mol. The fourth-order valence-corrected chi connectivity index (χ4v) is 8.34. The van der Waals surface area contributed by atoms with Gasteiger partial charge in [-0.15, -0.1) is 0 Å². The van der Waals surface area contributed by atoms with Gasteiger partial charge in [-0.25, -0.2) is 0 Å². The zero-order valence-corrected chi connectivity index (χ0v) is 46.5. The smallest absolute Gasteiger partial charge is 0.306 e. The van der Waals surface area contributed by atoms with Gasteiger partial charge in [-0.05, 0) is 122 Å². The van der Waals surface area contributed by atoms with Gasteiger partial charge in [-0.1, -0.05) is 241 Å². The van der Waals surface area contributed by atoms with Crippen LogP contribution in [0, 0.1) is 0 Å². The molecule has 1 atom stereocenters. The molecule has 0 bridgehead atoms. The summed E-state index contributed by atoms with van der Waals surface area (Å²) in [6, 6.07) is 0. The Morgan fingerprint density at radius 2 is 0.600 bits per heavy atom. The van der Waals surface area contributed by atoms with Crippen molar-refractivity contribution in [1.29, 1.82) is 0 Å². The molecule has 0 fully saturated rings. The maximum Gasteiger partial charge on any atom is 0.306 e. The molecule has 0 aliphatic rings. The summed E-state index contributed by atoms with van der Waals surface area (Å²) in [5.41, 5.74) is 0. The highest BCUT2D eigenvalue weighted by Crippen LogP contribution is 2.14. The first-order valence-corrected chi connectivity index (χ1v) is 30.1. The van der Waals surface area contributed by atoms with Crippen molar-refractivity contribution in [3.63, 3.8) is 0 Å². The minimum atomic E-state index is -0.557. The normalized spacial score (nSPS) is 12.8. The second-order valence-corrected chi connectivity index (χ2v) is 19.9. The molecule has 5 nitrogen and oxygen atoms in total. The van der Waals surface area contributed by atoms with Crippen molar-refractivity contribution in [1.82, 2.24) is 0 Å². The van der Waals surface area contributed by atoms with Gasteiger partial charge in [-0.3, -0.25) is 9.59 Å². The van der Waals surface area contributed by atoms with Crippen molar-refractivity contribution in [3.05, 3.63) is 85.1 Å². The molecule has 404 valence electrons. The number of unbranched alkanes of at least 4 members (excludes halogenated alkanes) is 30. The quantitative estimate of drug-likeness (QED) is 0.0345. The number of carbonyl (C=O) groups excluding carboxylic acids is 2. The Labute approximate surface area is 435 Å². The molecule has 70 heavy (non-hydrogen) atoms. The van der Waals surface area contributed by atoms with Gasteiger partial charge in [-0.2, -0.15) is 0 Å². The summed E-state index contributed by atoms with van der Waals surface area (Å²) in [7, 11) is 0. The van der Waals surface area contributed by atoms with E-state index in [1.165, 1.54) is 167 Å². The van der Waals surface area contributed by atoms with Crippen molar-refractivity contribution in [2.24, 2.45) is 0 Å². The Morgan fingerprint density at radius 3 is 1.00 bits per heavy atom. The summed E-state index contributed by atoms with van der Waals surface area (Å²) < 4.78 is 17.5. The summed E-state index contributed by atoms with van der Waals surface area (Å²) in [6.07, 6.45) is 80.3. The van der Waals surface area contributed by atoms with E-state index in [4.69, 9.17) is 14.2 Å². The van der Waals surface area contributed by atoms with Crippen molar-refractivity contribution in [3.8, 4) is 0 Å². The monoisotopic (exact) mass is 975 g/mol. The third kappa shape index (κ3) is 57.7. The molecule has 0 radical (unpaired) electrons. The van der Waals surface area contributed by atoms with Crippen molar-refractivity contribution < 1.29 is 23.8 Å². The van der Waals surface area contributed by atoms with E-state index in [9.17, 15) is 9.59 Å². The van der Waals surface area contributed by atoms with Crippen LogP contribution in [-0.4, -0.2) is 37.9 Å². The van der Waals surface area contributed by atoms with Crippen LogP contribution in [0.3, 0.4) is 0 Å².